The summed E-state index contributed by atoms with van der Waals surface area (Å²) in [5.74, 6) is 0. The van der Waals surface area contributed by atoms with E-state index in [4.69, 9.17) is 4.74 Å². The number of rotatable bonds is 5. The quantitative estimate of drug-likeness (QED) is 0.870. The lowest BCUT2D eigenvalue weighted by Gasteiger charge is -2.36. The summed E-state index contributed by atoms with van der Waals surface area (Å²) < 4.78 is 5.50. The first-order chi connectivity index (χ1) is 12.6. The number of ether oxygens (including phenoxy) is 1. The van der Waals surface area contributed by atoms with Crippen molar-refractivity contribution in [3.63, 3.8) is 0 Å². The Morgan fingerprint density at radius 1 is 1.15 bits per heavy atom. The highest BCUT2D eigenvalue weighted by Crippen LogP contribution is 2.19. The molecule has 2 fully saturated rings. The molecule has 3 rings (SSSR count). The van der Waals surface area contributed by atoms with E-state index in [-0.39, 0.29) is 12.1 Å². The van der Waals surface area contributed by atoms with Gasteiger partial charge in [0.15, 0.2) is 0 Å². The van der Waals surface area contributed by atoms with Gasteiger partial charge < -0.3 is 19.9 Å². The molecular formula is C21H33N3O2. The molecule has 2 aliphatic rings. The molecule has 1 aromatic rings. The second kappa shape index (κ2) is 9.38. The fourth-order valence-electron chi connectivity index (χ4n) is 3.89. The van der Waals surface area contributed by atoms with Gasteiger partial charge in [-0.15, -0.1) is 0 Å². The maximum atomic E-state index is 13.0. The first-order valence-electron chi connectivity index (χ1n) is 10.1. The molecule has 2 aliphatic heterocycles. The number of carbonyl (C=O) groups is 1. The Morgan fingerprint density at radius 2 is 1.88 bits per heavy atom. The zero-order valence-corrected chi connectivity index (χ0v) is 16.3. The Morgan fingerprint density at radius 3 is 2.58 bits per heavy atom. The van der Waals surface area contributed by atoms with E-state index in [0.29, 0.717) is 0 Å². The highest BCUT2D eigenvalue weighted by Gasteiger charge is 2.26. The van der Waals surface area contributed by atoms with E-state index < -0.39 is 0 Å². The highest BCUT2D eigenvalue weighted by molar-refractivity contribution is 5.89. The molecule has 0 aromatic heterocycles. The first kappa shape index (κ1) is 19.2. The van der Waals surface area contributed by atoms with E-state index in [2.05, 4.69) is 36.2 Å². The summed E-state index contributed by atoms with van der Waals surface area (Å²) in [4.78, 5) is 17.6. The lowest BCUT2D eigenvalue weighted by Crippen LogP contribution is -2.49. The number of nitrogens with one attached hydrogen (secondary N) is 1. The van der Waals surface area contributed by atoms with Crippen molar-refractivity contribution in [2.24, 2.45) is 0 Å². The predicted octanol–water partition coefficient (Wildman–Crippen LogP) is 3.80. The van der Waals surface area contributed by atoms with Crippen LogP contribution in [0.15, 0.2) is 18.2 Å². The third kappa shape index (κ3) is 5.21. The van der Waals surface area contributed by atoms with Crippen molar-refractivity contribution in [3.8, 4) is 0 Å². The van der Waals surface area contributed by atoms with E-state index in [9.17, 15) is 4.79 Å². The summed E-state index contributed by atoms with van der Waals surface area (Å²) in [5, 5.41) is 3.12. The molecule has 0 radical (unpaired) electrons. The maximum Gasteiger partial charge on any atom is 0.322 e. The SMILES string of the molecule is Cc1ccc(NC(=O)N(CCN2CCCCC2)C2CCOCC2)cc1C. The number of carbonyl (C=O) groups excluding carboxylic acids is 1. The molecule has 2 amide bonds. The lowest BCUT2D eigenvalue weighted by molar-refractivity contribution is 0.0447. The molecule has 0 aliphatic carbocycles. The van der Waals surface area contributed by atoms with Gasteiger partial charge in [-0.1, -0.05) is 12.5 Å². The Bertz CT molecular complexity index is 593. The third-order valence-corrected chi connectivity index (χ3v) is 5.76. The van der Waals surface area contributed by atoms with Crippen molar-refractivity contribution in [2.45, 2.75) is 52.0 Å². The van der Waals surface area contributed by atoms with Crippen molar-refractivity contribution in [2.75, 3.05) is 44.7 Å². The van der Waals surface area contributed by atoms with Crippen LogP contribution in [0.4, 0.5) is 10.5 Å². The zero-order valence-electron chi connectivity index (χ0n) is 16.3. The number of benzene rings is 1. The van der Waals surface area contributed by atoms with Gasteiger partial charge >= 0.3 is 6.03 Å². The fraction of sp³-hybridized carbons (Fsp3) is 0.667. The van der Waals surface area contributed by atoms with Gasteiger partial charge in [-0.3, -0.25) is 0 Å². The topological polar surface area (TPSA) is 44.8 Å². The van der Waals surface area contributed by atoms with Gasteiger partial charge in [-0.2, -0.15) is 0 Å². The average molecular weight is 360 g/mol. The summed E-state index contributed by atoms with van der Waals surface area (Å²) >= 11 is 0. The lowest BCUT2D eigenvalue weighted by atomic mass is 10.1. The summed E-state index contributed by atoms with van der Waals surface area (Å²) in [7, 11) is 0. The van der Waals surface area contributed by atoms with Crippen LogP contribution in [0.25, 0.3) is 0 Å². The second-order valence-electron chi connectivity index (χ2n) is 7.67. The van der Waals surface area contributed by atoms with Crippen molar-refractivity contribution in [1.29, 1.82) is 0 Å². The van der Waals surface area contributed by atoms with E-state index in [0.717, 1.165) is 44.8 Å². The van der Waals surface area contributed by atoms with Crippen molar-refractivity contribution >= 4 is 11.7 Å². The Kier molecular flexibility index (Phi) is 6.92. The van der Waals surface area contributed by atoms with Crippen LogP contribution in [0.2, 0.25) is 0 Å². The molecule has 26 heavy (non-hydrogen) atoms. The fourth-order valence-corrected chi connectivity index (χ4v) is 3.89. The minimum Gasteiger partial charge on any atom is -0.381 e. The molecule has 0 unspecified atom stereocenters. The Balaban J connectivity index is 1.64. The number of aryl methyl sites for hydroxylation is 2. The smallest absolute Gasteiger partial charge is 0.322 e. The van der Waals surface area contributed by atoms with Gasteiger partial charge in [-0.25, -0.2) is 4.79 Å². The van der Waals surface area contributed by atoms with Crippen LogP contribution in [-0.2, 0) is 4.74 Å². The van der Waals surface area contributed by atoms with E-state index >= 15 is 0 Å². The molecule has 0 saturated carbocycles. The number of nitrogens with zero attached hydrogens (tertiary/aromatic N) is 2. The van der Waals surface area contributed by atoms with Crippen LogP contribution in [0, 0.1) is 13.8 Å². The van der Waals surface area contributed by atoms with Gasteiger partial charge in [0.05, 0.1) is 0 Å². The molecule has 2 saturated heterocycles. The minimum absolute atomic E-state index is 0.0252. The largest absolute Gasteiger partial charge is 0.381 e. The number of hydrogen-bond acceptors (Lipinski definition) is 3. The molecule has 0 bridgehead atoms. The van der Waals surface area contributed by atoms with E-state index in [1.165, 1.54) is 43.5 Å². The number of hydrogen-bond donors (Lipinski definition) is 1. The van der Waals surface area contributed by atoms with Crippen LogP contribution in [0.3, 0.4) is 0 Å². The van der Waals surface area contributed by atoms with Gasteiger partial charge in [-0.05, 0) is 75.9 Å². The predicted molar refractivity (Wildman–Crippen MR) is 106 cm³/mol. The molecule has 1 N–H and O–H groups in total. The van der Waals surface area contributed by atoms with Crippen LogP contribution < -0.4 is 5.32 Å². The number of anilines is 1. The number of likely N-dealkylation sites (tertiary alicyclic amines) is 1. The van der Waals surface area contributed by atoms with E-state index in [1.54, 1.807) is 0 Å². The van der Waals surface area contributed by atoms with Crippen molar-refractivity contribution in [1.82, 2.24) is 9.80 Å². The second-order valence-corrected chi connectivity index (χ2v) is 7.67. The monoisotopic (exact) mass is 359 g/mol. The van der Waals surface area contributed by atoms with Crippen LogP contribution >= 0.6 is 0 Å². The number of piperidine rings is 1. The van der Waals surface area contributed by atoms with Crippen LogP contribution in [0.1, 0.15) is 43.2 Å². The summed E-state index contributed by atoms with van der Waals surface area (Å²) in [6, 6.07) is 6.42. The molecule has 0 atom stereocenters. The zero-order chi connectivity index (χ0) is 18.4. The summed E-state index contributed by atoms with van der Waals surface area (Å²) in [5.41, 5.74) is 3.33. The van der Waals surface area contributed by atoms with Crippen molar-refractivity contribution in [3.05, 3.63) is 29.3 Å². The van der Waals surface area contributed by atoms with Gasteiger partial charge in [0.2, 0.25) is 0 Å². The number of urea groups is 1. The molecule has 5 heteroatoms. The number of amides is 2. The molecule has 144 valence electrons. The molecule has 1 aromatic carbocycles. The normalized spacial score (nSPS) is 19.3. The Hall–Kier alpha value is -1.59. The molecule has 0 spiro atoms. The molecule has 2 heterocycles. The summed E-state index contributed by atoms with van der Waals surface area (Å²) in [6.45, 7) is 9.77. The van der Waals surface area contributed by atoms with Gasteiger partial charge in [0.1, 0.15) is 0 Å². The third-order valence-electron chi connectivity index (χ3n) is 5.76. The van der Waals surface area contributed by atoms with Crippen molar-refractivity contribution < 1.29 is 9.53 Å². The molecule has 5 nitrogen and oxygen atoms in total. The summed E-state index contributed by atoms with van der Waals surface area (Å²) in [6.07, 6.45) is 5.77. The minimum atomic E-state index is 0.0252. The highest BCUT2D eigenvalue weighted by atomic mass is 16.5. The standard InChI is InChI=1S/C21H33N3O2/c1-17-6-7-19(16-18(17)2)22-21(25)24(20-8-14-26-15-9-20)13-12-23-10-4-3-5-11-23/h6-7,16,20H,3-5,8-15H2,1-2H3,(H,22,25). The first-order valence-corrected chi connectivity index (χ1v) is 10.1. The molecular weight excluding hydrogens is 326 g/mol. The van der Waals surface area contributed by atoms with Gasteiger partial charge in [0, 0.05) is 38.0 Å². The van der Waals surface area contributed by atoms with E-state index in [1.807, 2.05) is 11.0 Å². The maximum absolute atomic E-state index is 13.0. The van der Waals surface area contributed by atoms with Crippen LogP contribution in [0.5, 0.6) is 0 Å². The van der Waals surface area contributed by atoms with Crippen LogP contribution in [-0.4, -0.2) is 61.3 Å². The van der Waals surface area contributed by atoms with Gasteiger partial charge in [0.25, 0.3) is 0 Å². The average Bonchev–Trinajstić information content (AvgIpc) is 2.67. The Labute approximate surface area is 157 Å².